The first-order valence-corrected chi connectivity index (χ1v) is 46.2. The van der Waals surface area contributed by atoms with Crippen LogP contribution in [0.4, 0.5) is 22.2 Å². The van der Waals surface area contributed by atoms with E-state index in [1.54, 1.807) is 83.0 Å². The number of rotatable bonds is 39. The van der Waals surface area contributed by atoms with Gasteiger partial charge in [-0.15, -0.1) is 0 Å². The van der Waals surface area contributed by atoms with Gasteiger partial charge < -0.3 is 54.8 Å². The molecule has 12 aromatic rings. The zero-order valence-corrected chi connectivity index (χ0v) is 73.9. The zero-order valence-electron chi connectivity index (χ0n) is 64.9. The SMILES string of the molecule is CCCCCCCn1nc(NC(=O)c2cnsc2)c2cc(Br)c(-c3ccc(OC(=O)NCCN(C)C)cc3)nc21.CCCCCCCn1nc(NC(=O)c2cnsc2)c2cc(Br)c(-c3ccc(OCOP(=O)(O)O)cc3)nc21.CCCCCCCn1nc(NC(=O)c2cnsc2)c2cc(Br)c(-c3ccc(OP(=O)(O)CCC)cc3)nc21. The van der Waals surface area contributed by atoms with Gasteiger partial charge in [0.05, 0.1) is 74.7 Å². The maximum Gasteiger partial charge on any atom is 0.472 e. The fourth-order valence-electron chi connectivity index (χ4n) is 11.9. The highest BCUT2D eigenvalue weighted by Gasteiger charge is 2.25. The summed E-state index contributed by atoms with van der Waals surface area (Å²) in [6, 6.07) is 26.7. The Hall–Kier alpha value is -8.61. The molecule has 4 amide bonds. The highest BCUT2D eigenvalue weighted by molar-refractivity contribution is 9.11. The number of anilines is 3. The number of aryl methyl sites for hydroxylation is 3. The van der Waals surface area contributed by atoms with E-state index in [-0.39, 0.29) is 23.9 Å². The van der Waals surface area contributed by atoms with Crippen LogP contribution in [0.15, 0.2) is 139 Å². The van der Waals surface area contributed by atoms with Crippen molar-refractivity contribution in [2.45, 2.75) is 150 Å². The van der Waals surface area contributed by atoms with Crippen LogP contribution in [0.25, 0.3) is 66.9 Å². The molecular weight excluding hydrogens is 1780 g/mol. The number of carbonyl (C=O) groups excluding carboxylic acids is 4. The van der Waals surface area contributed by atoms with Crippen molar-refractivity contribution in [3.8, 4) is 51.0 Å². The Morgan fingerprint density at radius 2 is 0.836 bits per heavy atom. The molecule has 30 nitrogen and oxygen atoms in total. The summed E-state index contributed by atoms with van der Waals surface area (Å²) in [6.07, 6.45) is 21.5. The molecule has 9 heterocycles. The number of phosphoric ester groups is 1. The lowest BCUT2D eigenvalue weighted by Crippen LogP contribution is -2.33. The van der Waals surface area contributed by atoms with Gasteiger partial charge >= 0.3 is 21.5 Å². The smallest absolute Gasteiger partial charge is 0.467 e. The van der Waals surface area contributed by atoms with Crippen LogP contribution in [0, 0.1) is 0 Å². The van der Waals surface area contributed by atoms with Crippen molar-refractivity contribution < 1.29 is 61.5 Å². The predicted molar refractivity (Wildman–Crippen MR) is 465 cm³/mol. The van der Waals surface area contributed by atoms with Crippen molar-refractivity contribution in [2.24, 2.45) is 0 Å². The number of hydrogen-bond donors (Lipinski definition) is 7. The molecule has 0 spiro atoms. The number of unbranched alkanes of at least 4 members (excludes halogenated alkanes) is 12. The minimum absolute atomic E-state index is 0.0999. The average Bonchev–Trinajstić information content (AvgIpc) is 1.62. The molecule has 616 valence electrons. The molecule has 0 radical (unpaired) electrons. The quantitative estimate of drug-likeness (QED) is 0.0107. The van der Waals surface area contributed by atoms with Crippen LogP contribution >= 0.6 is 97.8 Å². The number of likely N-dealkylation sites (N-methyl/N-ethyl adjacent to an activating group) is 1. The molecular formula is C78H92Br3N17O13P2S3. The van der Waals surface area contributed by atoms with Gasteiger partial charge in [-0.2, -0.15) is 15.3 Å². The van der Waals surface area contributed by atoms with Crippen LogP contribution in [0.2, 0.25) is 0 Å². The Bertz CT molecular complexity index is 5310. The van der Waals surface area contributed by atoms with Crippen LogP contribution < -0.4 is 35.3 Å². The summed E-state index contributed by atoms with van der Waals surface area (Å²) in [5.74, 6) is 1.67. The number of ether oxygens (including phenoxy) is 2. The molecule has 7 N–H and O–H groups in total. The highest BCUT2D eigenvalue weighted by atomic mass is 79.9. The summed E-state index contributed by atoms with van der Waals surface area (Å²) in [5.41, 5.74) is 7.96. The summed E-state index contributed by atoms with van der Waals surface area (Å²) in [7, 11) is -4.40. The van der Waals surface area contributed by atoms with Gasteiger partial charge in [-0.25, -0.2) is 60.6 Å². The number of carbonyl (C=O) groups is 4. The first-order valence-electron chi connectivity index (χ1n) is 38.0. The molecule has 3 aromatic carbocycles. The number of aromatic nitrogens is 12. The van der Waals surface area contributed by atoms with E-state index in [0.29, 0.717) is 122 Å². The third-order valence-corrected chi connectivity index (χ3v) is 23.4. The number of nitrogens with one attached hydrogen (secondary N) is 4. The second-order valence-electron chi connectivity index (χ2n) is 27.2. The maximum atomic E-state index is 12.8. The lowest BCUT2D eigenvalue weighted by Gasteiger charge is -2.13. The molecule has 0 aliphatic rings. The van der Waals surface area contributed by atoms with Crippen molar-refractivity contribution in [1.29, 1.82) is 0 Å². The summed E-state index contributed by atoms with van der Waals surface area (Å²) in [5, 5.41) is 32.9. The number of nitrogens with zero attached hydrogens (tertiary/aromatic N) is 13. The van der Waals surface area contributed by atoms with Gasteiger partial charge in [-0.3, -0.25) is 14.4 Å². The van der Waals surface area contributed by atoms with Gasteiger partial charge in [-0.1, -0.05) is 105 Å². The molecule has 0 aliphatic carbocycles. The van der Waals surface area contributed by atoms with E-state index < -0.39 is 28.3 Å². The van der Waals surface area contributed by atoms with Crippen molar-refractivity contribution in [3.63, 3.8) is 0 Å². The van der Waals surface area contributed by atoms with Gasteiger partial charge in [0, 0.05) is 79.0 Å². The molecule has 0 fully saturated rings. The van der Waals surface area contributed by atoms with E-state index in [0.717, 1.165) is 100 Å². The monoisotopic (exact) mass is 1870 g/mol. The van der Waals surface area contributed by atoms with Gasteiger partial charge in [0.1, 0.15) is 17.2 Å². The van der Waals surface area contributed by atoms with E-state index in [2.05, 4.69) is 113 Å². The minimum Gasteiger partial charge on any atom is -0.467 e. The summed E-state index contributed by atoms with van der Waals surface area (Å²) in [4.78, 5) is 94.6. The normalized spacial score (nSPS) is 11.9. The lowest BCUT2D eigenvalue weighted by molar-refractivity contribution is 0.0827. The Morgan fingerprint density at radius 1 is 0.483 bits per heavy atom. The van der Waals surface area contributed by atoms with Crippen molar-refractivity contribution in [3.05, 3.63) is 156 Å². The summed E-state index contributed by atoms with van der Waals surface area (Å²) < 4.78 is 63.0. The van der Waals surface area contributed by atoms with Crippen LogP contribution in [0.5, 0.6) is 17.2 Å². The second kappa shape index (κ2) is 44.3. The fraction of sp³-hybridized carbons (Fsp3) is 0.372. The lowest BCUT2D eigenvalue weighted by atomic mass is 10.1. The van der Waals surface area contributed by atoms with Crippen molar-refractivity contribution in [2.75, 3.05) is 56.1 Å². The van der Waals surface area contributed by atoms with E-state index in [1.807, 2.05) is 70.3 Å². The van der Waals surface area contributed by atoms with Gasteiger partial charge in [0.15, 0.2) is 41.2 Å². The topological polar surface area (TPSA) is 382 Å². The van der Waals surface area contributed by atoms with Crippen LogP contribution in [-0.2, 0) is 33.3 Å². The second-order valence-corrected chi connectivity index (χ2v) is 34.8. The largest absolute Gasteiger partial charge is 0.472 e. The molecule has 0 saturated heterocycles. The van der Waals surface area contributed by atoms with Gasteiger partial charge in [0.2, 0.25) is 0 Å². The van der Waals surface area contributed by atoms with Gasteiger partial charge in [-0.05, 0) is 213 Å². The molecule has 0 bridgehead atoms. The van der Waals surface area contributed by atoms with E-state index >= 15 is 0 Å². The molecule has 0 saturated carbocycles. The highest BCUT2D eigenvalue weighted by Crippen LogP contribution is 2.44. The standard InChI is InChI=1S/C28H34BrN7O3S.C26H31BrN5O4PS.C24H27BrN5O6PS/c1-4-5-6-7-8-14-36-26-22(25(34-36)33-27(37)20-17-31-40-18-20)16-23(29)24(32-26)19-9-11-21(12-10-19)39-28(38)30-13-15-35(2)3;1-3-5-6-7-8-13-32-25-21(24(31-32)30-26(33)19-16-28-38-17-19)15-22(27)23(29-25)18-9-11-20(12-10-18)36-37(34,35)14-4-2;1-2-3-4-5-6-11-30-23-19(22(29-30)28-24(31)17-13-26-38-14-17)12-20(25)21(27-23)16-7-9-18(10-8-16)35-15-36-37(32,33)34/h9-12,16-18H,4-8,13-15H2,1-3H3,(H,30,38)(H,33,34,37);9-12,15-17H,3-8,13-14H2,1-2H3,(H,34,35)(H,30,31,33);7-10,12-14H,2-6,11,15H2,1H3,(H,28,29,31)(H2,32,33,34). The molecule has 12 rings (SSSR count). The van der Waals surface area contributed by atoms with Crippen LogP contribution in [0.3, 0.4) is 0 Å². The average molecular weight is 1870 g/mol. The predicted octanol–water partition coefficient (Wildman–Crippen LogP) is 19.7. The summed E-state index contributed by atoms with van der Waals surface area (Å²) >= 11 is 14.6. The molecule has 9 aromatic heterocycles. The van der Waals surface area contributed by atoms with Crippen molar-refractivity contribution in [1.82, 2.24) is 67.6 Å². The number of pyridine rings is 3. The number of amides is 4. The molecule has 1 unspecified atom stereocenters. The van der Waals surface area contributed by atoms with E-state index in [9.17, 15) is 33.2 Å². The van der Waals surface area contributed by atoms with Gasteiger partial charge in [0.25, 0.3) is 17.7 Å². The number of halogens is 3. The molecule has 1 atom stereocenters. The Morgan fingerprint density at radius 3 is 1.16 bits per heavy atom. The molecule has 116 heavy (non-hydrogen) atoms. The number of fused-ring (bicyclic) bond motifs is 3. The van der Waals surface area contributed by atoms with Crippen molar-refractivity contribution >= 4 is 172 Å². The Balaban J connectivity index is 0.000000184. The molecule has 0 aliphatic heterocycles. The number of hydrogen-bond acceptors (Lipinski definition) is 23. The maximum absolute atomic E-state index is 12.8. The minimum atomic E-state index is -4.61. The van der Waals surface area contributed by atoms with Crippen LogP contribution in [-0.4, -0.2) is 141 Å². The third kappa shape index (κ3) is 26.2. The Kier molecular flexibility index (Phi) is 34.2. The molecule has 38 heteroatoms. The number of phosphoric acid groups is 1. The van der Waals surface area contributed by atoms with E-state index in [1.165, 1.54) is 91.9 Å². The zero-order chi connectivity index (χ0) is 82.7. The summed E-state index contributed by atoms with van der Waals surface area (Å²) in [6.45, 7) is 11.1. The van der Waals surface area contributed by atoms with E-state index in [4.69, 9.17) is 48.9 Å². The third-order valence-electron chi connectivity index (χ3n) is 17.9. The Labute approximate surface area is 709 Å². The fourth-order valence-corrected chi connectivity index (χ4v) is 16.4. The first kappa shape index (κ1) is 89.7. The first-order chi connectivity index (χ1) is 55.9. The number of benzene rings is 3. The van der Waals surface area contributed by atoms with Crippen LogP contribution in [0.1, 0.15) is 162 Å².